The molecule has 0 amide bonds. The molecule has 0 aromatic carbocycles. The molecule has 2 rings (SSSR count). The minimum atomic E-state index is -0.870. The van der Waals surface area contributed by atoms with Gasteiger partial charge in [0.1, 0.15) is 17.1 Å². The van der Waals surface area contributed by atoms with Crippen LogP contribution in [0, 0.1) is 0 Å². The summed E-state index contributed by atoms with van der Waals surface area (Å²) in [5, 5.41) is 12.4. The summed E-state index contributed by atoms with van der Waals surface area (Å²) in [6.45, 7) is 5.36. The Morgan fingerprint density at radius 3 is 2.87 bits per heavy atom. The smallest absolute Gasteiger partial charge is 0.339 e. The van der Waals surface area contributed by atoms with Gasteiger partial charge in [0, 0.05) is 11.5 Å². The average Bonchev–Trinajstić information content (AvgIpc) is 2.56. The molecule has 1 aromatic rings. The zero-order valence-electron chi connectivity index (χ0n) is 8.96. The molecule has 0 fully saturated rings. The van der Waals surface area contributed by atoms with Gasteiger partial charge in [-0.2, -0.15) is 0 Å². The largest absolute Gasteiger partial charge is 0.478 e. The highest BCUT2D eigenvalue weighted by atomic mass is 16.4. The van der Waals surface area contributed by atoms with Crippen molar-refractivity contribution in [3.63, 3.8) is 0 Å². The number of hydrogen-bond donors (Lipinski definition) is 2. The quantitative estimate of drug-likeness (QED) is 0.778. The lowest BCUT2D eigenvalue weighted by Gasteiger charge is -2.10. The van der Waals surface area contributed by atoms with E-state index in [0.29, 0.717) is 17.9 Å². The molecule has 0 unspecified atom stereocenters. The minimum absolute atomic E-state index is 0.113. The number of carboxylic acids is 1. The third kappa shape index (κ3) is 1.65. The number of carboxylic acid groups (broad SMARTS) is 1. The lowest BCUT2D eigenvalue weighted by atomic mass is 9.99. The highest BCUT2D eigenvalue weighted by Gasteiger charge is 2.27. The molecular formula is C11H15NO3. The van der Waals surface area contributed by atoms with Crippen molar-refractivity contribution in [2.75, 3.05) is 6.54 Å². The number of fused-ring (bicyclic) bond motifs is 1. The van der Waals surface area contributed by atoms with Crippen LogP contribution in [-0.4, -0.2) is 17.6 Å². The monoisotopic (exact) mass is 209 g/mol. The predicted octanol–water partition coefficient (Wildman–Crippen LogP) is 1.75. The molecule has 15 heavy (non-hydrogen) atoms. The van der Waals surface area contributed by atoms with Gasteiger partial charge in [0.15, 0.2) is 0 Å². The third-order valence-electron chi connectivity index (χ3n) is 2.69. The lowest BCUT2D eigenvalue weighted by Crippen LogP contribution is -2.23. The molecule has 4 nitrogen and oxygen atoms in total. The second kappa shape index (κ2) is 3.70. The molecule has 0 aliphatic carbocycles. The molecule has 0 atom stereocenters. The SMILES string of the molecule is CC(C)c1oc2c(c1C(=O)O)CCNC2. The Balaban J connectivity index is 2.56. The van der Waals surface area contributed by atoms with E-state index in [4.69, 9.17) is 4.42 Å². The highest BCUT2D eigenvalue weighted by molar-refractivity contribution is 5.91. The first kappa shape index (κ1) is 10.2. The van der Waals surface area contributed by atoms with Crippen LogP contribution in [-0.2, 0) is 13.0 Å². The van der Waals surface area contributed by atoms with Gasteiger partial charge in [-0.25, -0.2) is 4.79 Å². The lowest BCUT2D eigenvalue weighted by molar-refractivity contribution is 0.0693. The fourth-order valence-corrected chi connectivity index (χ4v) is 2.00. The van der Waals surface area contributed by atoms with Crippen LogP contribution in [0.4, 0.5) is 0 Å². The molecule has 4 heteroatoms. The fraction of sp³-hybridized carbons (Fsp3) is 0.545. The van der Waals surface area contributed by atoms with E-state index in [1.54, 1.807) is 0 Å². The summed E-state index contributed by atoms with van der Waals surface area (Å²) in [5.74, 6) is 0.644. The van der Waals surface area contributed by atoms with Crippen molar-refractivity contribution in [3.8, 4) is 0 Å². The summed E-state index contributed by atoms with van der Waals surface area (Å²) in [6.07, 6.45) is 0.743. The zero-order chi connectivity index (χ0) is 11.0. The number of hydrogen-bond acceptors (Lipinski definition) is 3. The van der Waals surface area contributed by atoms with E-state index in [-0.39, 0.29) is 5.92 Å². The third-order valence-corrected chi connectivity index (χ3v) is 2.69. The van der Waals surface area contributed by atoms with Crippen LogP contribution in [0.15, 0.2) is 4.42 Å². The van der Waals surface area contributed by atoms with Crippen molar-refractivity contribution in [3.05, 3.63) is 22.6 Å². The Kier molecular flexibility index (Phi) is 2.52. The van der Waals surface area contributed by atoms with Gasteiger partial charge < -0.3 is 14.8 Å². The Hall–Kier alpha value is -1.29. The fourth-order valence-electron chi connectivity index (χ4n) is 2.00. The molecule has 2 N–H and O–H groups in total. The van der Waals surface area contributed by atoms with E-state index in [2.05, 4.69) is 5.32 Å². The van der Waals surface area contributed by atoms with Gasteiger partial charge in [-0.05, 0) is 13.0 Å². The van der Waals surface area contributed by atoms with E-state index in [1.807, 2.05) is 13.8 Å². The van der Waals surface area contributed by atoms with Crippen LogP contribution in [0.25, 0.3) is 0 Å². The van der Waals surface area contributed by atoms with Crippen molar-refractivity contribution < 1.29 is 14.3 Å². The van der Waals surface area contributed by atoms with Gasteiger partial charge in [-0.15, -0.1) is 0 Å². The number of furan rings is 1. The van der Waals surface area contributed by atoms with Gasteiger partial charge >= 0.3 is 5.97 Å². The van der Waals surface area contributed by atoms with Crippen LogP contribution in [0.2, 0.25) is 0 Å². The summed E-state index contributed by atoms with van der Waals surface area (Å²) < 4.78 is 5.62. The van der Waals surface area contributed by atoms with Crippen molar-refractivity contribution in [2.24, 2.45) is 0 Å². The second-order valence-corrected chi connectivity index (χ2v) is 4.13. The molecule has 1 aromatic heterocycles. The number of rotatable bonds is 2. The molecule has 1 aliphatic heterocycles. The van der Waals surface area contributed by atoms with Crippen LogP contribution < -0.4 is 5.32 Å². The van der Waals surface area contributed by atoms with Gasteiger partial charge in [0.25, 0.3) is 0 Å². The Bertz CT molecular complexity index is 393. The van der Waals surface area contributed by atoms with E-state index in [0.717, 1.165) is 24.3 Å². The standard InChI is InChI=1S/C11H15NO3/c1-6(2)10-9(11(13)14)7-3-4-12-5-8(7)15-10/h6,12H,3-5H2,1-2H3,(H,13,14). The maximum absolute atomic E-state index is 11.2. The molecule has 82 valence electrons. The van der Waals surface area contributed by atoms with Crippen LogP contribution >= 0.6 is 0 Å². The number of aromatic carboxylic acids is 1. The average molecular weight is 209 g/mol. The van der Waals surface area contributed by atoms with Gasteiger partial charge in [-0.1, -0.05) is 13.8 Å². The van der Waals surface area contributed by atoms with E-state index in [9.17, 15) is 9.90 Å². The van der Waals surface area contributed by atoms with Gasteiger partial charge in [0.05, 0.1) is 6.54 Å². The van der Waals surface area contributed by atoms with Crippen molar-refractivity contribution in [1.82, 2.24) is 5.32 Å². The maximum atomic E-state index is 11.2. The van der Waals surface area contributed by atoms with Crippen LogP contribution in [0.1, 0.15) is 47.2 Å². The molecular weight excluding hydrogens is 194 g/mol. The zero-order valence-corrected chi connectivity index (χ0v) is 8.96. The summed E-state index contributed by atoms with van der Waals surface area (Å²) in [5.41, 5.74) is 1.27. The summed E-state index contributed by atoms with van der Waals surface area (Å²) in [6, 6.07) is 0. The summed E-state index contributed by atoms with van der Waals surface area (Å²) >= 11 is 0. The van der Waals surface area contributed by atoms with Gasteiger partial charge in [-0.3, -0.25) is 0 Å². The normalized spacial score (nSPS) is 15.4. The second-order valence-electron chi connectivity index (χ2n) is 4.13. The maximum Gasteiger partial charge on any atom is 0.339 e. The number of nitrogens with one attached hydrogen (secondary N) is 1. The Labute approximate surface area is 88.3 Å². The highest BCUT2D eigenvalue weighted by Crippen LogP contribution is 2.30. The first-order chi connectivity index (χ1) is 7.11. The molecule has 1 aliphatic rings. The van der Waals surface area contributed by atoms with Crippen LogP contribution in [0.3, 0.4) is 0 Å². The van der Waals surface area contributed by atoms with Crippen molar-refractivity contribution in [1.29, 1.82) is 0 Å². The Morgan fingerprint density at radius 1 is 1.53 bits per heavy atom. The van der Waals surface area contributed by atoms with Crippen LogP contribution in [0.5, 0.6) is 0 Å². The molecule has 0 saturated heterocycles. The number of carbonyl (C=O) groups is 1. The first-order valence-electron chi connectivity index (χ1n) is 5.19. The van der Waals surface area contributed by atoms with Gasteiger partial charge in [0.2, 0.25) is 0 Å². The molecule has 2 heterocycles. The van der Waals surface area contributed by atoms with Crippen molar-refractivity contribution in [2.45, 2.75) is 32.7 Å². The molecule has 0 saturated carbocycles. The first-order valence-corrected chi connectivity index (χ1v) is 5.19. The van der Waals surface area contributed by atoms with E-state index in [1.165, 1.54) is 0 Å². The van der Waals surface area contributed by atoms with E-state index < -0.39 is 5.97 Å². The minimum Gasteiger partial charge on any atom is -0.478 e. The topological polar surface area (TPSA) is 62.5 Å². The Morgan fingerprint density at radius 2 is 2.27 bits per heavy atom. The molecule has 0 spiro atoms. The predicted molar refractivity (Wildman–Crippen MR) is 55.2 cm³/mol. The molecule has 0 bridgehead atoms. The summed E-state index contributed by atoms with van der Waals surface area (Å²) in [4.78, 5) is 11.2. The summed E-state index contributed by atoms with van der Waals surface area (Å²) in [7, 11) is 0. The van der Waals surface area contributed by atoms with Crippen molar-refractivity contribution >= 4 is 5.97 Å². The van der Waals surface area contributed by atoms with E-state index >= 15 is 0 Å². The molecule has 0 radical (unpaired) electrons.